The highest BCUT2D eigenvalue weighted by Gasteiger charge is 2.19. The summed E-state index contributed by atoms with van der Waals surface area (Å²) in [5, 5.41) is 0. The van der Waals surface area contributed by atoms with Gasteiger partial charge in [0, 0.05) is 17.9 Å². The van der Waals surface area contributed by atoms with Crippen LogP contribution in [0.25, 0.3) is 0 Å². The Morgan fingerprint density at radius 1 is 1.13 bits per heavy atom. The molecule has 1 aliphatic rings. The second kappa shape index (κ2) is 5.01. The molecule has 0 amide bonds. The summed E-state index contributed by atoms with van der Waals surface area (Å²) in [6.45, 7) is 19.0. The Morgan fingerprint density at radius 3 is 2.13 bits per heavy atom. The van der Waals surface area contributed by atoms with E-state index >= 15 is 0 Å². The first-order valence-corrected chi connectivity index (χ1v) is 5.45. The van der Waals surface area contributed by atoms with Crippen molar-refractivity contribution in [3.05, 3.63) is 48.9 Å². The lowest BCUT2D eigenvalue weighted by Crippen LogP contribution is -2.17. The topological polar surface area (TPSA) is 3.24 Å². The molecule has 1 nitrogen and oxygen atoms in total. The SMILES string of the molecule is C=C(C)CCC(=C)CN1C(=C)CCC1=C. The van der Waals surface area contributed by atoms with Crippen LogP contribution >= 0.6 is 0 Å². The van der Waals surface area contributed by atoms with Crippen LogP contribution < -0.4 is 0 Å². The molecule has 0 N–H and O–H groups in total. The summed E-state index contributed by atoms with van der Waals surface area (Å²) in [4.78, 5) is 2.20. The van der Waals surface area contributed by atoms with Gasteiger partial charge in [-0.05, 0) is 32.6 Å². The standard InChI is InChI=1S/C14H21N/c1-11(2)6-7-12(3)10-15-13(4)8-9-14(15)5/h1,3-10H2,2H3. The highest BCUT2D eigenvalue weighted by molar-refractivity contribution is 5.19. The van der Waals surface area contributed by atoms with Crippen LogP contribution in [0.5, 0.6) is 0 Å². The number of nitrogens with zero attached hydrogens (tertiary/aromatic N) is 1. The van der Waals surface area contributed by atoms with Gasteiger partial charge in [0.1, 0.15) is 0 Å². The third-order valence-electron chi connectivity index (χ3n) is 2.75. The summed E-state index contributed by atoms with van der Waals surface area (Å²) in [6, 6.07) is 0. The molecule has 0 atom stereocenters. The molecule has 1 aliphatic heterocycles. The number of hydrogen-bond acceptors (Lipinski definition) is 1. The van der Waals surface area contributed by atoms with Crippen LogP contribution in [0.4, 0.5) is 0 Å². The van der Waals surface area contributed by atoms with E-state index in [-0.39, 0.29) is 0 Å². The van der Waals surface area contributed by atoms with Crippen LogP contribution in [0, 0.1) is 0 Å². The summed E-state index contributed by atoms with van der Waals surface area (Å²) in [7, 11) is 0. The zero-order valence-electron chi connectivity index (χ0n) is 9.81. The molecule has 0 aromatic carbocycles. The monoisotopic (exact) mass is 203 g/mol. The first kappa shape index (κ1) is 11.8. The van der Waals surface area contributed by atoms with Gasteiger partial charge in [-0.25, -0.2) is 0 Å². The van der Waals surface area contributed by atoms with E-state index in [4.69, 9.17) is 0 Å². The van der Waals surface area contributed by atoms with E-state index in [0.717, 1.165) is 32.2 Å². The quantitative estimate of drug-likeness (QED) is 0.610. The van der Waals surface area contributed by atoms with E-state index in [2.05, 4.69) is 38.1 Å². The van der Waals surface area contributed by atoms with E-state index in [9.17, 15) is 0 Å². The first-order valence-electron chi connectivity index (χ1n) is 5.45. The zero-order chi connectivity index (χ0) is 11.4. The Morgan fingerprint density at radius 2 is 1.67 bits per heavy atom. The van der Waals surface area contributed by atoms with E-state index in [1.54, 1.807) is 0 Å². The molecule has 0 aromatic rings. The predicted molar refractivity (Wildman–Crippen MR) is 67.4 cm³/mol. The summed E-state index contributed by atoms with van der Waals surface area (Å²) in [5.41, 5.74) is 4.81. The van der Waals surface area contributed by atoms with Crippen molar-refractivity contribution < 1.29 is 0 Å². The minimum Gasteiger partial charge on any atom is -0.346 e. The average Bonchev–Trinajstić information content (AvgIpc) is 2.46. The molecule has 0 aromatic heterocycles. The molecule has 0 bridgehead atoms. The Balaban J connectivity index is 2.40. The Hall–Kier alpha value is -1.24. The van der Waals surface area contributed by atoms with Crippen molar-refractivity contribution in [1.82, 2.24) is 4.90 Å². The molecular formula is C14H21N. The molecule has 82 valence electrons. The van der Waals surface area contributed by atoms with E-state index < -0.39 is 0 Å². The van der Waals surface area contributed by atoms with Gasteiger partial charge in [-0.3, -0.25) is 0 Å². The summed E-state index contributed by atoms with van der Waals surface area (Å²) >= 11 is 0. The van der Waals surface area contributed by atoms with Crippen molar-refractivity contribution in [1.29, 1.82) is 0 Å². The van der Waals surface area contributed by atoms with Crippen LogP contribution in [0.15, 0.2) is 48.9 Å². The normalized spacial score (nSPS) is 15.9. The van der Waals surface area contributed by atoms with Gasteiger partial charge in [-0.2, -0.15) is 0 Å². The number of hydrogen-bond donors (Lipinski definition) is 0. The zero-order valence-corrected chi connectivity index (χ0v) is 9.81. The van der Waals surface area contributed by atoms with Crippen molar-refractivity contribution in [3.63, 3.8) is 0 Å². The largest absolute Gasteiger partial charge is 0.346 e. The van der Waals surface area contributed by atoms with Crippen molar-refractivity contribution in [2.75, 3.05) is 6.54 Å². The highest BCUT2D eigenvalue weighted by atomic mass is 15.2. The fraction of sp³-hybridized carbons (Fsp3) is 0.429. The second-order valence-corrected chi connectivity index (χ2v) is 4.43. The van der Waals surface area contributed by atoms with E-state index in [1.165, 1.54) is 22.5 Å². The number of allylic oxidation sites excluding steroid dienone is 3. The molecular weight excluding hydrogens is 182 g/mol. The Bertz CT molecular complexity index is 293. The average molecular weight is 203 g/mol. The van der Waals surface area contributed by atoms with E-state index in [1.807, 2.05) is 0 Å². The maximum absolute atomic E-state index is 4.09. The predicted octanol–water partition coefficient (Wildman–Crippen LogP) is 4.02. The molecule has 0 saturated carbocycles. The minimum absolute atomic E-state index is 0.880. The van der Waals surface area contributed by atoms with Crippen LogP contribution in [0.3, 0.4) is 0 Å². The fourth-order valence-electron chi connectivity index (χ4n) is 1.70. The molecule has 0 unspecified atom stereocenters. The highest BCUT2D eigenvalue weighted by Crippen LogP contribution is 2.29. The molecule has 1 rings (SSSR count). The first-order chi connectivity index (χ1) is 7.00. The van der Waals surface area contributed by atoms with Crippen molar-refractivity contribution in [2.45, 2.75) is 32.6 Å². The van der Waals surface area contributed by atoms with Crippen LogP contribution in [-0.2, 0) is 0 Å². The minimum atomic E-state index is 0.880. The lowest BCUT2D eigenvalue weighted by molar-refractivity contribution is 0.491. The fourth-order valence-corrected chi connectivity index (χ4v) is 1.70. The van der Waals surface area contributed by atoms with Crippen LogP contribution in [-0.4, -0.2) is 11.4 Å². The van der Waals surface area contributed by atoms with Gasteiger partial charge in [0.15, 0.2) is 0 Å². The van der Waals surface area contributed by atoms with Gasteiger partial charge in [0.2, 0.25) is 0 Å². The Labute approximate surface area is 93.5 Å². The molecule has 1 heterocycles. The maximum Gasteiger partial charge on any atom is 0.0432 e. The number of rotatable bonds is 5. The van der Waals surface area contributed by atoms with Gasteiger partial charge in [0.25, 0.3) is 0 Å². The smallest absolute Gasteiger partial charge is 0.0432 e. The molecule has 1 heteroatoms. The van der Waals surface area contributed by atoms with E-state index in [0.29, 0.717) is 0 Å². The molecule has 15 heavy (non-hydrogen) atoms. The van der Waals surface area contributed by atoms with Crippen LogP contribution in [0.2, 0.25) is 0 Å². The Kier molecular flexibility index (Phi) is 3.96. The molecule has 1 saturated heterocycles. The van der Waals surface area contributed by atoms with Crippen molar-refractivity contribution in [2.24, 2.45) is 0 Å². The lowest BCUT2D eigenvalue weighted by Gasteiger charge is -2.21. The van der Waals surface area contributed by atoms with Crippen molar-refractivity contribution >= 4 is 0 Å². The van der Waals surface area contributed by atoms with Gasteiger partial charge in [0.05, 0.1) is 0 Å². The van der Waals surface area contributed by atoms with Gasteiger partial charge >= 0.3 is 0 Å². The van der Waals surface area contributed by atoms with Gasteiger partial charge in [-0.1, -0.05) is 30.9 Å². The maximum atomic E-state index is 4.09. The molecule has 1 fully saturated rings. The summed E-state index contributed by atoms with van der Waals surface area (Å²) < 4.78 is 0. The van der Waals surface area contributed by atoms with Crippen LogP contribution in [0.1, 0.15) is 32.6 Å². The molecule has 0 spiro atoms. The molecule has 0 aliphatic carbocycles. The lowest BCUT2D eigenvalue weighted by atomic mass is 10.1. The summed E-state index contributed by atoms with van der Waals surface area (Å²) in [6.07, 6.45) is 4.15. The van der Waals surface area contributed by atoms with Crippen molar-refractivity contribution in [3.8, 4) is 0 Å². The third kappa shape index (κ3) is 3.43. The van der Waals surface area contributed by atoms with Gasteiger partial charge < -0.3 is 4.90 Å². The summed E-state index contributed by atoms with van der Waals surface area (Å²) in [5.74, 6) is 0. The van der Waals surface area contributed by atoms with Gasteiger partial charge in [-0.15, -0.1) is 6.58 Å². The molecule has 0 radical (unpaired) electrons. The third-order valence-corrected chi connectivity index (χ3v) is 2.75. The second-order valence-electron chi connectivity index (χ2n) is 4.43. The number of likely N-dealkylation sites (tertiary alicyclic amines) is 1.